The minimum absolute atomic E-state index is 0.0219. The number of carbonyl (C=O) groups is 2. The minimum Gasteiger partial charge on any atom is -0.457 e. The zero-order chi connectivity index (χ0) is 25.6. The molecule has 0 N–H and O–H groups in total. The maximum absolute atomic E-state index is 13.4. The molecule has 0 saturated carbocycles. The van der Waals surface area contributed by atoms with Crippen molar-refractivity contribution in [1.29, 1.82) is 0 Å². The second-order valence-corrected chi connectivity index (χ2v) is 10.0. The van der Waals surface area contributed by atoms with E-state index in [9.17, 15) is 9.59 Å². The fourth-order valence-electron chi connectivity index (χ4n) is 5.79. The number of fused-ring (bicyclic) bond motifs is 3. The third-order valence-electron chi connectivity index (χ3n) is 7.66. The number of hydrogen-bond acceptors (Lipinski definition) is 4. The second-order valence-electron chi connectivity index (χ2n) is 10.0. The fourth-order valence-corrected chi connectivity index (χ4v) is 5.79. The molecule has 1 aliphatic carbocycles. The van der Waals surface area contributed by atoms with Crippen LogP contribution in [0.25, 0.3) is 11.1 Å². The molecule has 0 radical (unpaired) electrons. The number of likely N-dealkylation sites (tertiary alicyclic amines) is 1. The van der Waals surface area contributed by atoms with Crippen LogP contribution in [0.3, 0.4) is 0 Å². The van der Waals surface area contributed by atoms with E-state index >= 15 is 0 Å². The van der Waals surface area contributed by atoms with Gasteiger partial charge >= 0.3 is 12.1 Å². The lowest BCUT2D eigenvalue weighted by Gasteiger charge is -2.31. The summed E-state index contributed by atoms with van der Waals surface area (Å²) in [6, 6.07) is 25.6. The van der Waals surface area contributed by atoms with Crippen LogP contribution in [0.4, 0.5) is 4.79 Å². The normalized spacial score (nSPS) is 17.2. The van der Waals surface area contributed by atoms with Crippen molar-refractivity contribution in [2.45, 2.75) is 63.5 Å². The number of rotatable bonds is 9. The first-order valence-corrected chi connectivity index (χ1v) is 13.5. The van der Waals surface area contributed by atoms with Crippen LogP contribution in [0, 0.1) is 0 Å². The molecule has 3 aromatic carbocycles. The molecule has 5 rings (SSSR count). The van der Waals surface area contributed by atoms with Crippen LogP contribution in [-0.4, -0.2) is 42.3 Å². The monoisotopic (exact) mass is 497 g/mol. The Hall–Kier alpha value is -3.60. The van der Waals surface area contributed by atoms with Gasteiger partial charge in [-0.1, -0.05) is 86.5 Å². The number of amides is 1. The Labute approximate surface area is 219 Å². The highest BCUT2D eigenvalue weighted by Crippen LogP contribution is 2.44. The molecular formula is C32H35NO4. The maximum Gasteiger partial charge on any atom is 0.410 e. The molecular weight excluding hydrogens is 462 g/mol. The van der Waals surface area contributed by atoms with Crippen molar-refractivity contribution in [3.05, 3.63) is 95.6 Å². The van der Waals surface area contributed by atoms with Crippen LogP contribution in [0.2, 0.25) is 0 Å². The summed E-state index contributed by atoms with van der Waals surface area (Å²) in [5.41, 5.74) is 5.35. The molecule has 0 bridgehead atoms. The Bertz CT molecular complexity index is 1180. The molecule has 1 fully saturated rings. The van der Waals surface area contributed by atoms with E-state index in [1.807, 2.05) is 42.5 Å². The standard InChI is InChI=1S/C32H35NO4/c1-2-3-5-20-30(37-31(34)23-13-6-4-7-14-23)29-19-12-21-33(29)32(35)36-22-28-26-17-10-8-15-24(26)25-16-9-11-18-27(25)28/h4,6-11,13-18,28-30H,2-3,5,12,19-22H2,1H3/t29-,30-/m0/s1. The van der Waals surface area contributed by atoms with E-state index in [0.29, 0.717) is 18.7 Å². The summed E-state index contributed by atoms with van der Waals surface area (Å²) >= 11 is 0. The highest BCUT2D eigenvalue weighted by molar-refractivity contribution is 5.89. The second kappa shape index (κ2) is 11.6. The lowest BCUT2D eigenvalue weighted by Crippen LogP contribution is -2.45. The van der Waals surface area contributed by atoms with E-state index in [4.69, 9.17) is 9.47 Å². The Kier molecular flexibility index (Phi) is 7.88. The van der Waals surface area contributed by atoms with Crippen molar-refractivity contribution in [2.24, 2.45) is 0 Å². The summed E-state index contributed by atoms with van der Waals surface area (Å²) in [5, 5.41) is 0. The molecule has 1 aliphatic heterocycles. The fraction of sp³-hybridized carbons (Fsp3) is 0.375. The molecule has 1 saturated heterocycles. The van der Waals surface area contributed by atoms with E-state index in [2.05, 4.69) is 31.2 Å². The quantitative estimate of drug-likeness (QED) is 0.232. The van der Waals surface area contributed by atoms with E-state index in [0.717, 1.165) is 38.5 Å². The molecule has 1 amide bonds. The van der Waals surface area contributed by atoms with Crippen molar-refractivity contribution >= 4 is 12.1 Å². The highest BCUT2D eigenvalue weighted by atomic mass is 16.6. The van der Waals surface area contributed by atoms with Crippen molar-refractivity contribution in [3.63, 3.8) is 0 Å². The smallest absolute Gasteiger partial charge is 0.410 e. The van der Waals surface area contributed by atoms with Gasteiger partial charge in [-0.25, -0.2) is 9.59 Å². The van der Waals surface area contributed by atoms with Gasteiger partial charge in [0.1, 0.15) is 12.7 Å². The number of benzene rings is 3. The number of esters is 1. The maximum atomic E-state index is 13.4. The largest absolute Gasteiger partial charge is 0.457 e. The van der Waals surface area contributed by atoms with Crippen LogP contribution >= 0.6 is 0 Å². The molecule has 3 aromatic rings. The Morgan fingerprint density at radius 3 is 2.22 bits per heavy atom. The number of unbranched alkanes of at least 4 members (excludes halogenated alkanes) is 2. The molecule has 2 aliphatic rings. The van der Waals surface area contributed by atoms with Crippen molar-refractivity contribution < 1.29 is 19.1 Å². The average molecular weight is 498 g/mol. The molecule has 37 heavy (non-hydrogen) atoms. The number of ether oxygens (including phenoxy) is 2. The molecule has 0 unspecified atom stereocenters. The Morgan fingerprint density at radius 2 is 1.54 bits per heavy atom. The summed E-state index contributed by atoms with van der Waals surface area (Å²) in [5.74, 6) is -0.310. The SMILES string of the molecule is CCCCC[C@H](OC(=O)c1ccccc1)[C@@H]1CCCN1C(=O)OCC1c2ccccc2-c2ccccc21. The van der Waals surface area contributed by atoms with Gasteiger partial charge < -0.3 is 14.4 Å². The van der Waals surface area contributed by atoms with Gasteiger partial charge in [0.15, 0.2) is 0 Å². The van der Waals surface area contributed by atoms with Crippen LogP contribution in [0.15, 0.2) is 78.9 Å². The van der Waals surface area contributed by atoms with Crippen molar-refractivity contribution in [2.75, 3.05) is 13.2 Å². The van der Waals surface area contributed by atoms with E-state index < -0.39 is 0 Å². The zero-order valence-corrected chi connectivity index (χ0v) is 21.5. The third-order valence-corrected chi connectivity index (χ3v) is 7.66. The van der Waals surface area contributed by atoms with Gasteiger partial charge in [-0.15, -0.1) is 0 Å². The summed E-state index contributed by atoms with van der Waals surface area (Å²) < 4.78 is 12.0. The molecule has 0 aromatic heterocycles. The summed E-state index contributed by atoms with van der Waals surface area (Å²) in [6.45, 7) is 3.07. The van der Waals surface area contributed by atoms with Gasteiger partial charge in [-0.3, -0.25) is 0 Å². The molecule has 192 valence electrons. The summed E-state index contributed by atoms with van der Waals surface area (Å²) in [6.07, 6.45) is 4.87. The van der Waals surface area contributed by atoms with Crippen molar-refractivity contribution in [3.8, 4) is 11.1 Å². The topological polar surface area (TPSA) is 55.8 Å². The van der Waals surface area contributed by atoms with Gasteiger partial charge in [0.2, 0.25) is 0 Å². The first-order valence-electron chi connectivity index (χ1n) is 13.5. The van der Waals surface area contributed by atoms with Gasteiger partial charge in [0.25, 0.3) is 0 Å². The highest BCUT2D eigenvalue weighted by Gasteiger charge is 2.38. The van der Waals surface area contributed by atoms with Crippen LogP contribution in [0.1, 0.15) is 72.9 Å². The lowest BCUT2D eigenvalue weighted by molar-refractivity contribution is 0.000728. The zero-order valence-electron chi connectivity index (χ0n) is 21.5. The Morgan fingerprint density at radius 1 is 0.892 bits per heavy atom. The predicted octanol–water partition coefficient (Wildman–Crippen LogP) is 7.21. The van der Waals surface area contributed by atoms with Crippen LogP contribution in [0.5, 0.6) is 0 Å². The van der Waals surface area contributed by atoms with Gasteiger partial charge in [0, 0.05) is 12.5 Å². The van der Waals surface area contributed by atoms with Gasteiger partial charge in [-0.2, -0.15) is 0 Å². The molecule has 0 spiro atoms. The van der Waals surface area contributed by atoms with Gasteiger partial charge in [0.05, 0.1) is 11.6 Å². The van der Waals surface area contributed by atoms with Crippen LogP contribution < -0.4 is 0 Å². The molecule has 5 heteroatoms. The van der Waals surface area contributed by atoms with Crippen molar-refractivity contribution in [1.82, 2.24) is 4.90 Å². The minimum atomic E-state index is -0.345. The number of carbonyl (C=O) groups excluding carboxylic acids is 2. The van der Waals surface area contributed by atoms with Crippen LogP contribution in [-0.2, 0) is 9.47 Å². The average Bonchev–Trinajstić information content (AvgIpc) is 3.55. The third kappa shape index (κ3) is 5.41. The number of hydrogen-bond donors (Lipinski definition) is 0. The molecule has 5 nitrogen and oxygen atoms in total. The van der Waals surface area contributed by atoms with E-state index in [1.54, 1.807) is 17.0 Å². The summed E-state index contributed by atoms with van der Waals surface area (Å²) in [4.78, 5) is 28.1. The lowest BCUT2D eigenvalue weighted by atomic mass is 9.98. The molecule has 1 heterocycles. The first-order chi connectivity index (χ1) is 18.2. The number of nitrogens with zero attached hydrogens (tertiary/aromatic N) is 1. The molecule has 2 atom stereocenters. The predicted molar refractivity (Wildman–Crippen MR) is 145 cm³/mol. The van der Waals surface area contributed by atoms with E-state index in [1.165, 1.54) is 22.3 Å². The van der Waals surface area contributed by atoms with Gasteiger partial charge in [-0.05, 0) is 60.1 Å². The Balaban J connectivity index is 1.28. The summed E-state index contributed by atoms with van der Waals surface area (Å²) in [7, 11) is 0. The van der Waals surface area contributed by atoms with E-state index in [-0.39, 0.29) is 30.1 Å². The first kappa shape index (κ1) is 25.1.